The summed E-state index contributed by atoms with van der Waals surface area (Å²) in [7, 11) is 0. The lowest BCUT2D eigenvalue weighted by atomic mass is 10.00. The summed E-state index contributed by atoms with van der Waals surface area (Å²) in [6.07, 6.45) is 13.0. The smallest absolute Gasteiger partial charge is 0.303 e. The van der Waals surface area contributed by atoms with E-state index in [1.807, 2.05) is 0 Å². The topological polar surface area (TPSA) is 77.8 Å². The summed E-state index contributed by atoms with van der Waals surface area (Å²) in [5, 5.41) is 18.1. The average Bonchev–Trinajstić information content (AvgIpc) is 2.57. The van der Waals surface area contributed by atoms with Crippen LogP contribution in [-0.2, 0) is 4.79 Å². The van der Waals surface area contributed by atoms with E-state index < -0.39 is 5.97 Å². The number of aliphatic carboxylic acids is 1. The average molecular weight is 318 g/mol. The monoisotopic (exact) mass is 318 g/mol. The molecule has 0 rings (SSSR count). The molecule has 0 aromatic heterocycles. The SMILES string of the molecule is [2H]OC(CCCCC)C(CCCCCCCCCCC(=O)O)O[2H]. The first-order valence-corrected chi connectivity index (χ1v) is 9.11. The van der Waals surface area contributed by atoms with Gasteiger partial charge in [0.15, 0.2) is 0 Å². The van der Waals surface area contributed by atoms with Gasteiger partial charge in [-0.05, 0) is 19.3 Å². The van der Waals surface area contributed by atoms with Crippen molar-refractivity contribution in [3.63, 3.8) is 0 Å². The quantitative estimate of drug-likeness (QED) is 0.330. The first-order valence-electron chi connectivity index (χ1n) is 9.93. The summed E-state index contributed by atoms with van der Waals surface area (Å²) < 4.78 is 14.4. The van der Waals surface area contributed by atoms with Crippen LogP contribution in [-0.4, -0.2) is 36.4 Å². The van der Waals surface area contributed by atoms with Gasteiger partial charge < -0.3 is 15.3 Å². The van der Waals surface area contributed by atoms with Gasteiger partial charge in [0, 0.05) is 6.42 Å². The summed E-state index contributed by atoms with van der Waals surface area (Å²) in [6, 6.07) is 0. The molecule has 0 aliphatic heterocycles. The molecule has 0 aliphatic carbocycles. The van der Waals surface area contributed by atoms with Gasteiger partial charge in [-0.3, -0.25) is 4.79 Å². The van der Waals surface area contributed by atoms with E-state index >= 15 is 0 Å². The van der Waals surface area contributed by atoms with E-state index in [0.29, 0.717) is 0 Å². The Kier molecular flexibility index (Phi) is 12.3. The predicted octanol–water partition coefficient (Wildman–Crippen LogP) is 4.27. The Morgan fingerprint density at radius 2 is 1.27 bits per heavy atom. The van der Waals surface area contributed by atoms with Gasteiger partial charge in [-0.25, -0.2) is 0 Å². The van der Waals surface area contributed by atoms with Gasteiger partial charge in [0.05, 0.1) is 12.2 Å². The second-order valence-corrected chi connectivity index (χ2v) is 6.33. The highest BCUT2D eigenvalue weighted by molar-refractivity contribution is 5.66. The van der Waals surface area contributed by atoms with Crippen LogP contribution in [0, 0.1) is 0 Å². The second kappa shape index (κ2) is 15.3. The number of aliphatic hydroxyl groups is 2. The van der Waals surface area contributed by atoms with Crippen molar-refractivity contribution in [1.82, 2.24) is 0 Å². The van der Waals surface area contributed by atoms with E-state index in [9.17, 15) is 4.79 Å². The number of carboxylic acid groups (broad SMARTS) is 1. The van der Waals surface area contributed by atoms with Crippen molar-refractivity contribution in [2.45, 2.75) is 109 Å². The van der Waals surface area contributed by atoms with Crippen LogP contribution >= 0.6 is 0 Å². The zero-order valence-corrected chi connectivity index (χ0v) is 14.2. The molecule has 4 heteroatoms. The maximum atomic E-state index is 10.4. The summed E-state index contributed by atoms with van der Waals surface area (Å²) in [5.41, 5.74) is 0. The highest BCUT2D eigenvalue weighted by atomic mass is 16.4. The molecule has 0 saturated heterocycles. The number of rotatable bonds is 18. The largest absolute Gasteiger partial charge is 0.481 e. The molecule has 3 N–H and O–H groups in total. The summed E-state index contributed by atoms with van der Waals surface area (Å²) >= 11 is 0. The number of unbranched alkanes of at least 4 members (excludes halogenated alkanes) is 9. The third kappa shape index (κ3) is 14.3. The van der Waals surface area contributed by atoms with Crippen molar-refractivity contribution >= 4 is 5.97 Å². The lowest BCUT2D eigenvalue weighted by Gasteiger charge is -2.17. The van der Waals surface area contributed by atoms with Crippen molar-refractivity contribution in [1.29, 1.82) is 2.86 Å². The molecule has 0 spiro atoms. The van der Waals surface area contributed by atoms with Crippen LogP contribution in [0.3, 0.4) is 0 Å². The maximum Gasteiger partial charge on any atom is 0.303 e. The molecule has 0 aliphatic rings. The molecule has 0 fully saturated rings. The number of aliphatic hydroxyl groups excluding tert-OH is 2. The zero-order chi connectivity index (χ0) is 18.0. The van der Waals surface area contributed by atoms with E-state index in [0.717, 1.165) is 77.0 Å². The molecule has 0 saturated carbocycles. The van der Waals surface area contributed by atoms with E-state index in [-0.39, 0.29) is 18.6 Å². The third-order valence-electron chi connectivity index (χ3n) is 4.14. The third-order valence-corrected chi connectivity index (χ3v) is 4.14. The van der Waals surface area contributed by atoms with Crippen molar-refractivity contribution < 1.29 is 20.1 Å². The summed E-state index contributed by atoms with van der Waals surface area (Å²) in [4.78, 5) is 10.4. The molecule has 4 nitrogen and oxygen atoms in total. The van der Waals surface area contributed by atoms with Gasteiger partial charge in [0.2, 0.25) is 2.86 Å². The van der Waals surface area contributed by atoms with Gasteiger partial charge in [0.1, 0.15) is 0 Å². The Bertz CT molecular complexity index is 290. The lowest BCUT2D eigenvalue weighted by Crippen LogP contribution is -2.25. The molecule has 0 amide bonds. The molecule has 2 unspecified atom stereocenters. The Morgan fingerprint density at radius 1 is 0.818 bits per heavy atom. The lowest BCUT2D eigenvalue weighted by molar-refractivity contribution is -0.137. The van der Waals surface area contributed by atoms with Crippen LogP contribution < -0.4 is 0 Å². The van der Waals surface area contributed by atoms with E-state index in [1.54, 1.807) is 0 Å². The Morgan fingerprint density at radius 3 is 1.73 bits per heavy atom. The Balaban J connectivity index is 3.59. The number of carbonyl (C=O) groups is 1. The highest BCUT2D eigenvalue weighted by Crippen LogP contribution is 2.14. The Hall–Kier alpha value is -0.610. The fourth-order valence-corrected chi connectivity index (χ4v) is 2.65. The van der Waals surface area contributed by atoms with E-state index in [1.165, 1.54) is 6.42 Å². The first-order chi connectivity index (χ1) is 11.7. The standard InChI is InChI=1S/C18H36O4/c1-2-3-10-13-16(19)17(20)14-11-8-6-4-5-7-9-12-15-18(21)22/h16-17,19-20H,2-15H2,1H3,(H,21,22)/i19D,20D. The molecule has 132 valence electrons. The van der Waals surface area contributed by atoms with Crippen molar-refractivity contribution in [2.75, 3.05) is 0 Å². The van der Waals surface area contributed by atoms with Crippen LogP contribution in [0.5, 0.6) is 0 Å². The molecule has 0 aromatic carbocycles. The van der Waals surface area contributed by atoms with Gasteiger partial charge in [-0.1, -0.05) is 71.1 Å². The van der Waals surface area contributed by atoms with Crippen LogP contribution in [0.15, 0.2) is 0 Å². The van der Waals surface area contributed by atoms with Crippen LogP contribution in [0.25, 0.3) is 0 Å². The maximum absolute atomic E-state index is 10.4. The first kappa shape index (κ1) is 17.7. The fraction of sp³-hybridized carbons (Fsp3) is 0.944. The normalized spacial score (nSPS) is 15.1. The molecular weight excluding hydrogens is 280 g/mol. The van der Waals surface area contributed by atoms with Gasteiger partial charge in [-0.2, -0.15) is 0 Å². The van der Waals surface area contributed by atoms with Gasteiger partial charge in [-0.15, -0.1) is 0 Å². The van der Waals surface area contributed by atoms with E-state index in [4.69, 9.17) is 18.2 Å². The molecular formula is C18H36O4. The molecule has 22 heavy (non-hydrogen) atoms. The summed E-state index contributed by atoms with van der Waals surface area (Å²) in [6.45, 7) is 2.14. The molecule has 0 radical (unpaired) electrons. The molecule has 0 aromatic rings. The van der Waals surface area contributed by atoms with Crippen LogP contribution in [0.2, 0.25) is 0 Å². The molecule has 0 heterocycles. The predicted molar refractivity (Wildman–Crippen MR) is 90.0 cm³/mol. The minimum Gasteiger partial charge on any atom is -0.481 e. The molecule has 0 bridgehead atoms. The van der Waals surface area contributed by atoms with Gasteiger partial charge >= 0.3 is 5.97 Å². The highest BCUT2D eigenvalue weighted by Gasteiger charge is 2.14. The van der Waals surface area contributed by atoms with Crippen LogP contribution in [0.4, 0.5) is 0 Å². The van der Waals surface area contributed by atoms with Crippen molar-refractivity contribution in [3.05, 3.63) is 0 Å². The number of carboxylic acids is 1. The van der Waals surface area contributed by atoms with Crippen LogP contribution in [0.1, 0.15) is 96.8 Å². The Labute approximate surface area is 138 Å². The molecule has 2 atom stereocenters. The summed E-state index contributed by atoms with van der Waals surface area (Å²) in [5.74, 6) is -0.703. The minimum absolute atomic E-state index is 0.284. The van der Waals surface area contributed by atoms with E-state index in [2.05, 4.69) is 6.92 Å². The minimum atomic E-state index is -0.703. The number of hydrogen-bond donors (Lipinski definition) is 3. The fourth-order valence-electron chi connectivity index (χ4n) is 2.65. The number of hydrogen-bond acceptors (Lipinski definition) is 3. The zero-order valence-electron chi connectivity index (χ0n) is 16.2. The van der Waals surface area contributed by atoms with Crippen molar-refractivity contribution in [3.8, 4) is 0 Å². The van der Waals surface area contributed by atoms with Gasteiger partial charge in [0.25, 0.3) is 0 Å². The second-order valence-electron chi connectivity index (χ2n) is 6.33. The van der Waals surface area contributed by atoms with Crippen molar-refractivity contribution in [2.24, 2.45) is 0 Å².